The Hall–Kier alpha value is -1.01. The summed E-state index contributed by atoms with van der Waals surface area (Å²) in [7, 11) is 0. The maximum Gasteiger partial charge on any atom is 0.389 e. The second-order valence-electron chi connectivity index (χ2n) is 3.28. The minimum absolute atomic E-state index is 0.0452. The summed E-state index contributed by atoms with van der Waals surface area (Å²) in [5.74, 6) is 5.24. The van der Waals surface area contributed by atoms with Crippen LogP contribution in [0.4, 0.5) is 13.2 Å². The molecule has 0 fully saturated rings. The predicted molar refractivity (Wildman–Crippen MR) is 48.7 cm³/mol. The van der Waals surface area contributed by atoms with Crippen LogP contribution in [0.2, 0.25) is 0 Å². The molecular weight excluding hydrogens is 209 g/mol. The van der Waals surface area contributed by atoms with Gasteiger partial charge in [0, 0.05) is 18.0 Å². The highest BCUT2D eigenvalue weighted by molar-refractivity contribution is 5.10. The lowest BCUT2D eigenvalue weighted by atomic mass is 10.0. The Bertz CT molecular complexity index is 271. The monoisotopic (exact) mass is 222 g/mol. The molecule has 0 saturated heterocycles. The average Bonchev–Trinajstić information content (AvgIpc) is 2.63. The van der Waals surface area contributed by atoms with Crippen LogP contribution in [0.3, 0.4) is 0 Å². The number of furan rings is 1. The number of hydrogen-bond acceptors (Lipinski definition) is 3. The number of halogens is 3. The van der Waals surface area contributed by atoms with Gasteiger partial charge in [-0.15, -0.1) is 0 Å². The molecule has 1 rings (SSSR count). The predicted octanol–water partition coefficient (Wildman–Crippen LogP) is 2.52. The van der Waals surface area contributed by atoms with Gasteiger partial charge in [-0.25, -0.2) is 0 Å². The van der Waals surface area contributed by atoms with E-state index in [1.165, 1.54) is 12.5 Å². The molecule has 0 amide bonds. The van der Waals surface area contributed by atoms with Crippen molar-refractivity contribution in [2.75, 3.05) is 0 Å². The number of nitrogens with one attached hydrogen (secondary N) is 1. The van der Waals surface area contributed by atoms with Crippen LogP contribution in [-0.4, -0.2) is 6.18 Å². The summed E-state index contributed by atoms with van der Waals surface area (Å²) in [5.41, 5.74) is 3.23. The van der Waals surface area contributed by atoms with Crippen LogP contribution in [0.25, 0.3) is 0 Å². The Labute approximate surface area is 85.4 Å². The first-order valence-electron chi connectivity index (χ1n) is 4.58. The van der Waals surface area contributed by atoms with Crippen molar-refractivity contribution in [3.8, 4) is 0 Å². The molecule has 0 spiro atoms. The van der Waals surface area contributed by atoms with Gasteiger partial charge in [-0.1, -0.05) is 0 Å². The third-order valence-corrected chi connectivity index (χ3v) is 2.10. The molecule has 1 unspecified atom stereocenters. The highest BCUT2D eigenvalue weighted by Crippen LogP contribution is 2.26. The first-order valence-corrected chi connectivity index (χ1v) is 4.58. The van der Waals surface area contributed by atoms with Crippen molar-refractivity contribution in [1.29, 1.82) is 0 Å². The molecule has 1 aromatic rings. The van der Waals surface area contributed by atoms with Crippen LogP contribution in [0.1, 0.15) is 30.9 Å². The highest BCUT2D eigenvalue weighted by Gasteiger charge is 2.26. The highest BCUT2D eigenvalue weighted by atomic mass is 19.4. The molecule has 0 saturated carbocycles. The summed E-state index contributed by atoms with van der Waals surface area (Å²) in [4.78, 5) is 0. The third-order valence-electron chi connectivity index (χ3n) is 2.10. The lowest BCUT2D eigenvalue weighted by Gasteiger charge is -2.14. The average molecular weight is 222 g/mol. The molecule has 3 nitrogen and oxygen atoms in total. The smallest absolute Gasteiger partial charge is 0.389 e. The molecule has 0 aliphatic heterocycles. The summed E-state index contributed by atoms with van der Waals surface area (Å²) in [5, 5.41) is 0. The molecule has 1 atom stereocenters. The van der Waals surface area contributed by atoms with Crippen molar-refractivity contribution in [3.63, 3.8) is 0 Å². The lowest BCUT2D eigenvalue weighted by molar-refractivity contribution is -0.135. The fourth-order valence-corrected chi connectivity index (χ4v) is 1.33. The van der Waals surface area contributed by atoms with E-state index in [0.717, 1.165) is 5.56 Å². The number of alkyl halides is 3. The summed E-state index contributed by atoms with van der Waals surface area (Å²) >= 11 is 0. The van der Waals surface area contributed by atoms with E-state index in [9.17, 15) is 13.2 Å². The molecule has 86 valence electrons. The van der Waals surface area contributed by atoms with Crippen molar-refractivity contribution in [2.24, 2.45) is 5.84 Å². The van der Waals surface area contributed by atoms with Crippen molar-refractivity contribution < 1.29 is 17.6 Å². The Kier molecular flexibility index (Phi) is 4.16. The van der Waals surface area contributed by atoms with Gasteiger partial charge in [-0.3, -0.25) is 11.3 Å². The fourth-order valence-electron chi connectivity index (χ4n) is 1.33. The lowest BCUT2D eigenvalue weighted by Crippen LogP contribution is -2.28. The molecule has 3 N–H and O–H groups in total. The van der Waals surface area contributed by atoms with Crippen LogP contribution in [0.5, 0.6) is 0 Å². The van der Waals surface area contributed by atoms with E-state index in [1.54, 1.807) is 6.07 Å². The van der Waals surface area contributed by atoms with E-state index in [1.807, 2.05) is 0 Å². The van der Waals surface area contributed by atoms with Crippen LogP contribution >= 0.6 is 0 Å². The molecule has 0 aromatic carbocycles. The molecule has 15 heavy (non-hydrogen) atoms. The number of rotatable bonds is 5. The fraction of sp³-hybridized carbons (Fsp3) is 0.556. The van der Waals surface area contributed by atoms with Crippen molar-refractivity contribution in [1.82, 2.24) is 5.43 Å². The molecule has 0 radical (unpaired) electrons. The van der Waals surface area contributed by atoms with Crippen LogP contribution in [0.15, 0.2) is 23.0 Å². The van der Waals surface area contributed by atoms with Gasteiger partial charge in [0.05, 0.1) is 12.5 Å². The molecule has 0 aliphatic carbocycles. The van der Waals surface area contributed by atoms with E-state index >= 15 is 0 Å². The summed E-state index contributed by atoms with van der Waals surface area (Å²) < 4.78 is 40.5. The largest absolute Gasteiger partial charge is 0.472 e. The summed E-state index contributed by atoms with van der Waals surface area (Å²) in [6.07, 6.45) is -1.58. The third kappa shape index (κ3) is 4.35. The molecule has 1 aromatic heterocycles. The SMILES string of the molecule is NNC(CCCC(F)(F)F)c1ccoc1. The Morgan fingerprint density at radius 3 is 2.67 bits per heavy atom. The zero-order valence-corrected chi connectivity index (χ0v) is 8.05. The van der Waals surface area contributed by atoms with Gasteiger partial charge >= 0.3 is 6.18 Å². The zero-order chi connectivity index (χ0) is 11.3. The zero-order valence-electron chi connectivity index (χ0n) is 8.05. The minimum Gasteiger partial charge on any atom is -0.472 e. The normalized spacial score (nSPS) is 14.1. The van der Waals surface area contributed by atoms with Crippen molar-refractivity contribution in [2.45, 2.75) is 31.5 Å². The van der Waals surface area contributed by atoms with Gasteiger partial charge in [0.25, 0.3) is 0 Å². The van der Waals surface area contributed by atoms with Crippen molar-refractivity contribution in [3.05, 3.63) is 24.2 Å². The van der Waals surface area contributed by atoms with E-state index in [4.69, 9.17) is 10.3 Å². The van der Waals surface area contributed by atoms with Gasteiger partial charge < -0.3 is 4.42 Å². The second-order valence-corrected chi connectivity index (χ2v) is 3.28. The van der Waals surface area contributed by atoms with Crippen LogP contribution in [0, 0.1) is 0 Å². The van der Waals surface area contributed by atoms with E-state index < -0.39 is 12.6 Å². The maximum absolute atomic E-state index is 11.9. The first kappa shape index (κ1) is 12.1. The van der Waals surface area contributed by atoms with E-state index in [2.05, 4.69) is 5.43 Å². The Morgan fingerprint density at radius 2 is 2.20 bits per heavy atom. The van der Waals surface area contributed by atoms with E-state index in [0.29, 0.717) is 6.42 Å². The minimum atomic E-state index is -4.10. The summed E-state index contributed by atoms with van der Waals surface area (Å²) in [6, 6.07) is 1.39. The Morgan fingerprint density at radius 1 is 1.47 bits per heavy atom. The number of nitrogens with two attached hydrogens (primary N) is 1. The maximum atomic E-state index is 11.9. The quantitative estimate of drug-likeness (QED) is 0.594. The van der Waals surface area contributed by atoms with Crippen LogP contribution < -0.4 is 11.3 Å². The van der Waals surface area contributed by atoms with Gasteiger partial charge in [0.2, 0.25) is 0 Å². The molecule has 0 aliphatic rings. The topological polar surface area (TPSA) is 51.2 Å². The van der Waals surface area contributed by atoms with Crippen LogP contribution in [-0.2, 0) is 0 Å². The number of hydrogen-bond donors (Lipinski definition) is 2. The van der Waals surface area contributed by atoms with Gasteiger partial charge in [-0.05, 0) is 18.9 Å². The van der Waals surface area contributed by atoms with Gasteiger partial charge in [0.1, 0.15) is 0 Å². The molecule has 1 heterocycles. The molecule has 0 bridgehead atoms. The van der Waals surface area contributed by atoms with Crippen molar-refractivity contribution >= 4 is 0 Å². The second kappa shape index (κ2) is 5.18. The van der Waals surface area contributed by atoms with E-state index in [-0.39, 0.29) is 12.5 Å². The molecular formula is C9H13F3N2O. The Balaban J connectivity index is 2.36. The molecule has 6 heteroatoms. The van der Waals surface area contributed by atoms with Gasteiger partial charge in [0.15, 0.2) is 0 Å². The number of hydrazine groups is 1. The first-order chi connectivity index (χ1) is 7.03. The van der Waals surface area contributed by atoms with Gasteiger partial charge in [-0.2, -0.15) is 13.2 Å². The standard InChI is InChI=1S/C9H13F3N2O/c10-9(11,12)4-1-2-8(14-13)7-3-5-15-6-7/h3,5-6,8,14H,1-2,4,13H2. The summed E-state index contributed by atoms with van der Waals surface area (Å²) in [6.45, 7) is 0.